The molecule has 0 unspecified atom stereocenters. The van der Waals surface area contributed by atoms with Crippen molar-refractivity contribution in [3.05, 3.63) is 29.8 Å². The van der Waals surface area contributed by atoms with Crippen LogP contribution < -0.4 is 4.74 Å². The molecule has 0 aliphatic heterocycles. The summed E-state index contributed by atoms with van der Waals surface area (Å²) in [6, 6.07) is 7.93. The Bertz CT molecular complexity index is 280. The van der Waals surface area contributed by atoms with E-state index in [9.17, 15) is 0 Å². The Hall–Kier alpha value is -0.110. The van der Waals surface area contributed by atoms with E-state index < -0.39 is 3.79 Å². The molecule has 0 aliphatic carbocycles. The Labute approximate surface area is 92.5 Å². The van der Waals surface area contributed by atoms with Crippen LogP contribution >= 0.6 is 34.8 Å². The number of rotatable bonds is 2. The molecule has 13 heavy (non-hydrogen) atoms. The number of hydrogen-bond acceptors (Lipinski definition) is 1. The summed E-state index contributed by atoms with van der Waals surface area (Å²) in [6.45, 7) is 2.48. The number of halogens is 3. The standard InChI is InChI=1S/C9H8Cl3O/c1-2-13-8-5-3-4-7(6-8)9(10,11)12/h3,5-6H,2H2,1H3. The van der Waals surface area contributed by atoms with E-state index in [2.05, 4.69) is 6.07 Å². The first kappa shape index (κ1) is 11.0. The van der Waals surface area contributed by atoms with Gasteiger partial charge in [-0.05, 0) is 25.1 Å². The predicted octanol–water partition coefficient (Wildman–Crippen LogP) is 3.71. The van der Waals surface area contributed by atoms with Crippen LogP contribution in [0.15, 0.2) is 18.2 Å². The lowest BCUT2D eigenvalue weighted by atomic mass is 10.2. The minimum absolute atomic E-state index is 0.489. The number of ether oxygens (including phenoxy) is 1. The van der Waals surface area contributed by atoms with Crippen molar-refractivity contribution in [3.8, 4) is 5.75 Å². The maximum absolute atomic E-state index is 5.67. The van der Waals surface area contributed by atoms with Crippen molar-refractivity contribution in [2.75, 3.05) is 6.61 Å². The van der Waals surface area contributed by atoms with Crippen LogP contribution in [0, 0.1) is 6.07 Å². The molecule has 0 saturated heterocycles. The Morgan fingerprint density at radius 2 is 2.15 bits per heavy atom. The van der Waals surface area contributed by atoms with Gasteiger partial charge in [0, 0.05) is 5.56 Å². The molecule has 1 aromatic carbocycles. The van der Waals surface area contributed by atoms with E-state index in [1.807, 2.05) is 6.92 Å². The van der Waals surface area contributed by atoms with Gasteiger partial charge in [0.25, 0.3) is 0 Å². The van der Waals surface area contributed by atoms with Crippen molar-refractivity contribution >= 4 is 34.8 Å². The summed E-state index contributed by atoms with van der Waals surface area (Å²) >= 11 is 17.0. The SMILES string of the molecule is CCOc1cc[c]c(C(Cl)(Cl)Cl)c1. The molecule has 0 spiro atoms. The highest BCUT2D eigenvalue weighted by molar-refractivity contribution is 6.66. The molecule has 0 N–H and O–H groups in total. The molecule has 0 saturated carbocycles. The minimum atomic E-state index is -1.44. The van der Waals surface area contributed by atoms with Crippen molar-refractivity contribution in [3.63, 3.8) is 0 Å². The molecule has 0 amide bonds. The Balaban J connectivity index is 2.92. The number of alkyl halides is 3. The second-order valence-corrected chi connectivity index (χ2v) is 4.65. The van der Waals surface area contributed by atoms with Gasteiger partial charge in [0.1, 0.15) is 5.75 Å². The molecule has 1 aromatic rings. The Kier molecular flexibility index (Phi) is 3.72. The van der Waals surface area contributed by atoms with Gasteiger partial charge in [-0.2, -0.15) is 0 Å². The molecule has 4 heteroatoms. The molecule has 0 aromatic heterocycles. The molecule has 0 bridgehead atoms. The number of hydrogen-bond donors (Lipinski definition) is 0. The molecule has 1 radical (unpaired) electrons. The summed E-state index contributed by atoms with van der Waals surface area (Å²) in [5, 5.41) is 0. The van der Waals surface area contributed by atoms with Crippen molar-refractivity contribution in [2.24, 2.45) is 0 Å². The van der Waals surface area contributed by atoms with Crippen molar-refractivity contribution in [1.82, 2.24) is 0 Å². The molecule has 1 nitrogen and oxygen atoms in total. The molecule has 0 heterocycles. The van der Waals surface area contributed by atoms with Crippen LogP contribution in [-0.2, 0) is 3.79 Å². The fraction of sp³-hybridized carbons (Fsp3) is 0.333. The van der Waals surface area contributed by atoms with E-state index in [0.29, 0.717) is 17.9 Å². The molecular weight excluding hydrogens is 230 g/mol. The number of benzene rings is 1. The van der Waals surface area contributed by atoms with Gasteiger partial charge < -0.3 is 4.74 Å². The molecule has 71 valence electrons. The van der Waals surface area contributed by atoms with E-state index in [1.54, 1.807) is 18.2 Å². The highest BCUT2D eigenvalue weighted by atomic mass is 35.6. The molecule has 0 fully saturated rings. The third kappa shape index (κ3) is 3.26. The van der Waals surface area contributed by atoms with Crippen molar-refractivity contribution in [1.29, 1.82) is 0 Å². The van der Waals surface area contributed by atoms with Gasteiger partial charge >= 0.3 is 0 Å². The smallest absolute Gasteiger partial charge is 0.216 e. The average Bonchev–Trinajstić information content (AvgIpc) is 2.04. The molecule has 0 atom stereocenters. The van der Waals surface area contributed by atoms with E-state index in [-0.39, 0.29) is 0 Å². The van der Waals surface area contributed by atoms with Crippen molar-refractivity contribution in [2.45, 2.75) is 10.7 Å². The van der Waals surface area contributed by atoms with E-state index in [0.717, 1.165) is 0 Å². The Morgan fingerprint density at radius 3 is 2.69 bits per heavy atom. The van der Waals surface area contributed by atoms with Crippen molar-refractivity contribution < 1.29 is 4.74 Å². The van der Waals surface area contributed by atoms with Gasteiger partial charge in [-0.25, -0.2) is 0 Å². The highest BCUT2D eigenvalue weighted by Gasteiger charge is 2.23. The first-order valence-electron chi connectivity index (χ1n) is 3.75. The summed E-state index contributed by atoms with van der Waals surface area (Å²) in [5.74, 6) is 0.683. The van der Waals surface area contributed by atoms with Crippen LogP contribution in [0.3, 0.4) is 0 Å². The maximum Gasteiger partial charge on any atom is 0.216 e. The van der Waals surface area contributed by atoms with Gasteiger partial charge in [-0.1, -0.05) is 40.9 Å². The fourth-order valence-corrected chi connectivity index (χ4v) is 1.19. The third-order valence-electron chi connectivity index (χ3n) is 1.39. The minimum Gasteiger partial charge on any atom is -0.494 e. The first-order chi connectivity index (χ1) is 6.04. The zero-order valence-electron chi connectivity index (χ0n) is 6.98. The van der Waals surface area contributed by atoms with E-state index in [4.69, 9.17) is 39.5 Å². The summed E-state index contributed by atoms with van der Waals surface area (Å²) in [4.78, 5) is 0. The average molecular weight is 239 g/mol. The summed E-state index contributed by atoms with van der Waals surface area (Å²) < 4.78 is 3.81. The van der Waals surface area contributed by atoms with Gasteiger partial charge in [-0.3, -0.25) is 0 Å². The molecule has 1 rings (SSSR count). The lowest BCUT2D eigenvalue weighted by molar-refractivity contribution is 0.340. The monoisotopic (exact) mass is 237 g/mol. The van der Waals surface area contributed by atoms with Gasteiger partial charge in [0.2, 0.25) is 3.79 Å². The van der Waals surface area contributed by atoms with E-state index in [1.165, 1.54) is 0 Å². The molecule has 0 aliphatic rings. The predicted molar refractivity (Wildman–Crippen MR) is 55.7 cm³/mol. The van der Waals surface area contributed by atoms with Crippen LogP contribution in [0.2, 0.25) is 0 Å². The zero-order chi connectivity index (χ0) is 9.90. The van der Waals surface area contributed by atoms with Gasteiger partial charge in [0.05, 0.1) is 6.61 Å². The van der Waals surface area contributed by atoms with Gasteiger partial charge in [0.15, 0.2) is 0 Å². The van der Waals surface area contributed by atoms with Gasteiger partial charge in [-0.15, -0.1) is 0 Å². The summed E-state index contributed by atoms with van der Waals surface area (Å²) in [6.07, 6.45) is 0. The topological polar surface area (TPSA) is 9.23 Å². The second-order valence-electron chi connectivity index (χ2n) is 2.37. The maximum atomic E-state index is 5.67. The second kappa shape index (κ2) is 4.41. The Morgan fingerprint density at radius 1 is 1.46 bits per heavy atom. The summed E-state index contributed by atoms with van der Waals surface area (Å²) in [5.41, 5.74) is 0.489. The van der Waals surface area contributed by atoms with E-state index >= 15 is 0 Å². The quantitative estimate of drug-likeness (QED) is 0.714. The lowest BCUT2D eigenvalue weighted by Gasteiger charge is -2.11. The first-order valence-corrected chi connectivity index (χ1v) is 4.89. The largest absolute Gasteiger partial charge is 0.494 e. The van der Waals surface area contributed by atoms with Crippen LogP contribution in [0.1, 0.15) is 12.5 Å². The normalized spacial score (nSPS) is 11.4. The fourth-order valence-electron chi connectivity index (χ4n) is 0.866. The lowest BCUT2D eigenvalue weighted by Crippen LogP contribution is -2.01. The summed E-state index contributed by atoms with van der Waals surface area (Å²) in [7, 11) is 0. The van der Waals surface area contributed by atoms with Crippen LogP contribution in [-0.4, -0.2) is 6.61 Å². The van der Waals surface area contributed by atoms with Crippen LogP contribution in [0.5, 0.6) is 5.75 Å². The van der Waals surface area contributed by atoms with Crippen LogP contribution in [0.4, 0.5) is 0 Å². The highest BCUT2D eigenvalue weighted by Crippen LogP contribution is 2.38. The third-order valence-corrected chi connectivity index (χ3v) is 2.00. The zero-order valence-corrected chi connectivity index (χ0v) is 9.25. The van der Waals surface area contributed by atoms with Crippen LogP contribution in [0.25, 0.3) is 0 Å². The molecular formula is C9H8Cl3O.